The first-order chi connectivity index (χ1) is 13.0. The van der Waals surface area contributed by atoms with Gasteiger partial charge in [-0.1, -0.05) is 24.3 Å². The lowest BCUT2D eigenvalue weighted by Crippen LogP contribution is -2.52. The van der Waals surface area contributed by atoms with Crippen LogP contribution in [0.25, 0.3) is 0 Å². The molecule has 0 amide bonds. The van der Waals surface area contributed by atoms with Crippen LogP contribution < -0.4 is 14.8 Å². The fourth-order valence-corrected chi connectivity index (χ4v) is 3.59. The van der Waals surface area contributed by atoms with Crippen molar-refractivity contribution in [2.24, 2.45) is 0 Å². The van der Waals surface area contributed by atoms with E-state index in [9.17, 15) is 5.11 Å². The Labute approximate surface area is 173 Å². The van der Waals surface area contributed by atoms with Crippen LogP contribution in [-0.2, 0) is 17.8 Å². The standard InChI is InChI=1S/C22H29NO4.ClH/c1-22(2)21(24)20(18-7-5-6-8-19(18)27-22)23-12-11-15-9-10-17(26-4)13-16(15)14-25-3;/h5-10,13,20-21,23-24H,11-12,14H2,1-4H3;1H. The first-order valence-electron chi connectivity index (χ1n) is 9.30. The van der Waals surface area contributed by atoms with Crippen LogP contribution in [0.2, 0.25) is 0 Å². The normalized spacial score (nSPS) is 19.9. The Morgan fingerprint density at radius 1 is 1.11 bits per heavy atom. The number of hydrogen-bond donors (Lipinski definition) is 2. The molecule has 5 nitrogen and oxygen atoms in total. The van der Waals surface area contributed by atoms with Crippen LogP contribution in [0.5, 0.6) is 11.5 Å². The summed E-state index contributed by atoms with van der Waals surface area (Å²) >= 11 is 0. The fourth-order valence-electron chi connectivity index (χ4n) is 3.59. The van der Waals surface area contributed by atoms with E-state index in [4.69, 9.17) is 14.2 Å². The minimum absolute atomic E-state index is 0. The van der Waals surface area contributed by atoms with Crippen molar-refractivity contribution in [2.45, 2.75) is 44.6 Å². The zero-order valence-corrected chi connectivity index (χ0v) is 17.7. The van der Waals surface area contributed by atoms with Gasteiger partial charge in [-0.05, 0) is 56.1 Å². The summed E-state index contributed by atoms with van der Waals surface area (Å²) in [7, 11) is 3.36. The molecule has 0 radical (unpaired) electrons. The lowest BCUT2D eigenvalue weighted by molar-refractivity contribution is -0.0643. The second kappa shape index (κ2) is 9.61. The molecule has 2 aromatic rings. The molecule has 154 valence electrons. The molecule has 0 saturated heterocycles. The zero-order valence-electron chi connectivity index (χ0n) is 16.9. The van der Waals surface area contributed by atoms with Gasteiger partial charge in [-0.2, -0.15) is 0 Å². The zero-order chi connectivity index (χ0) is 19.4. The van der Waals surface area contributed by atoms with Gasteiger partial charge in [0.2, 0.25) is 0 Å². The quantitative estimate of drug-likeness (QED) is 0.733. The van der Waals surface area contributed by atoms with Crippen molar-refractivity contribution >= 4 is 12.4 Å². The highest BCUT2D eigenvalue weighted by atomic mass is 35.5. The molecule has 1 heterocycles. The van der Waals surface area contributed by atoms with Crippen LogP contribution in [0.4, 0.5) is 0 Å². The highest BCUT2D eigenvalue weighted by molar-refractivity contribution is 5.85. The first-order valence-corrected chi connectivity index (χ1v) is 9.30. The Kier molecular flexibility index (Phi) is 7.72. The molecule has 0 aliphatic carbocycles. The van der Waals surface area contributed by atoms with Crippen LogP contribution >= 0.6 is 12.4 Å². The Hall–Kier alpha value is -1.79. The first kappa shape index (κ1) is 22.5. The molecule has 2 atom stereocenters. The SMILES string of the molecule is COCc1cc(OC)ccc1CCNC1c2ccccc2OC(C)(C)C1O.Cl. The number of aliphatic hydroxyl groups excluding tert-OH is 1. The summed E-state index contributed by atoms with van der Waals surface area (Å²) in [6.45, 7) is 5.11. The number of rotatable bonds is 7. The van der Waals surface area contributed by atoms with Crippen LogP contribution in [-0.4, -0.2) is 37.6 Å². The Morgan fingerprint density at radius 3 is 2.57 bits per heavy atom. The number of halogens is 1. The van der Waals surface area contributed by atoms with Crippen LogP contribution in [0, 0.1) is 0 Å². The molecule has 2 aromatic carbocycles. The van der Waals surface area contributed by atoms with Gasteiger partial charge in [0.05, 0.1) is 19.8 Å². The van der Waals surface area contributed by atoms with Crippen molar-refractivity contribution < 1.29 is 19.3 Å². The van der Waals surface area contributed by atoms with Crippen LogP contribution in [0.15, 0.2) is 42.5 Å². The van der Waals surface area contributed by atoms with E-state index in [2.05, 4.69) is 11.4 Å². The summed E-state index contributed by atoms with van der Waals surface area (Å²) in [5.74, 6) is 1.66. The maximum atomic E-state index is 10.8. The summed E-state index contributed by atoms with van der Waals surface area (Å²) in [4.78, 5) is 0. The Balaban J connectivity index is 0.00000280. The van der Waals surface area contributed by atoms with E-state index in [1.807, 2.05) is 50.2 Å². The molecule has 2 N–H and O–H groups in total. The van der Waals surface area contributed by atoms with Crippen molar-refractivity contribution in [3.8, 4) is 11.5 Å². The lowest BCUT2D eigenvalue weighted by atomic mass is 9.86. The van der Waals surface area contributed by atoms with Gasteiger partial charge in [0.1, 0.15) is 23.2 Å². The lowest BCUT2D eigenvalue weighted by Gasteiger charge is -2.42. The van der Waals surface area contributed by atoms with Crippen molar-refractivity contribution in [3.63, 3.8) is 0 Å². The van der Waals surface area contributed by atoms with E-state index in [-0.39, 0.29) is 18.4 Å². The summed E-state index contributed by atoms with van der Waals surface area (Å²) in [5, 5.41) is 14.4. The van der Waals surface area contributed by atoms with Gasteiger partial charge in [0, 0.05) is 12.7 Å². The highest BCUT2D eigenvalue weighted by Crippen LogP contribution is 2.39. The van der Waals surface area contributed by atoms with Crippen molar-refractivity contribution in [1.82, 2.24) is 5.32 Å². The summed E-state index contributed by atoms with van der Waals surface area (Å²) in [6.07, 6.45) is 0.191. The molecule has 3 rings (SSSR count). The minimum Gasteiger partial charge on any atom is -0.497 e. The maximum Gasteiger partial charge on any atom is 0.131 e. The molecule has 1 aliphatic rings. The van der Waals surface area contributed by atoms with Crippen LogP contribution in [0.1, 0.15) is 36.6 Å². The molecule has 0 saturated carbocycles. The fraction of sp³-hybridized carbons (Fsp3) is 0.455. The van der Waals surface area contributed by atoms with Crippen molar-refractivity contribution in [2.75, 3.05) is 20.8 Å². The van der Waals surface area contributed by atoms with Gasteiger partial charge < -0.3 is 24.6 Å². The third-order valence-electron chi connectivity index (χ3n) is 5.13. The van der Waals surface area contributed by atoms with E-state index >= 15 is 0 Å². The molecule has 0 fully saturated rings. The number of nitrogens with one attached hydrogen (secondary N) is 1. The third kappa shape index (κ3) is 4.78. The number of para-hydroxylation sites is 1. The number of hydrogen-bond acceptors (Lipinski definition) is 5. The number of aliphatic hydroxyl groups is 1. The number of benzene rings is 2. The van der Waals surface area contributed by atoms with E-state index < -0.39 is 11.7 Å². The van der Waals surface area contributed by atoms with Crippen LogP contribution in [0.3, 0.4) is 0 Å². The van der Waals surface area contributed by atoms with E-state index in [1.165, 1.54) is 5.56 Å². The van der Waals surface area contributed by atoms with Gasteiger partial charge in [0.15, 0.2) is 0 Å². The van der Waals surface area contributed by atoms with Gasteiger partial charge in [-0.25, -0.2) is 0 Å². The van der Waals surface area contributed by atoms with Crippen molar-refractivity contribution in [3.05, 3.63) is 59.2 Å². The maximum absolute atomic E-state index is 10.8. The number of fused-ring (bicyclic) bond motifs is 1. The second-order valence-corrected chi connectivity index (χ2v) is 7.44. The van der Waals surface area contributed by atoms with E-state index in [1.54, 1.807) is 14.2 Å². The second-order valence-electron chi connectivity index (χ2n) is 7.44. The summed E-state index contributed by atoms with van der Waals surface area (Å²) in [5.41, 5.74) is 2.68. The monoisotopic (exact) mass is 407 g/mol. The average molecular weight is 408 g/mol. The van der Waals surface area contributed by atoms with E-state index in [0.29, 0.717) is 6.61 Å². The minimum atomic E-state index is -0.645. The average Bonchev–Trinajstić information content (AvgIpc) is 2.65. The smallest absolute Gasteiger partial charge is 0.131 e. The van der Waals surface area contributed by atoms with E-state index in [0.717, 1.165) is 35.6 Å². The summed E-state index contributed by atoms with van der Waals surface area (Å²) < 4.78 is 16.6. The van der Waals surface area contributed by atoms with Gasteiger partial charge in [0.25, 0.3) is 0 Å². The molecular formula is C22H30ClNO4. The molecule has 6 heteroatoms. The molecular weight excluding hydrogens is 378 g/mol. The van der Waals surface area contributed by atoms with Gasteiger partial charge in [-0.3, -0.25) is 0 Å². The largest absolute Gasteiger partial charge is 0.497 e. The molecule has 0 spiro atoms. The predicted octanol–water partition coefficient (Wildman–Crippen LogP) is 3.67. The molecule has 0 aromatic heterocycles. The number of ether oxygens (including phenoxy) is 3. The molecule has 2 unspecified atom stereocenters. The van der Waals surface area contributed by atoms with Gasteiger partial charge in [-0.15, -0.1) is 12.4 Å². The molecule has 0 bridgehead atoms. The summed E-state index contributed by atoms with van der Waals surface area (Å²) in [6, 6.07) is 13.8. The van der Waals surface area contributed by atoms with Gasteiger partial charge >= 0.3 is 0 Å². The van der Waals surface area contributed by atoms with Crippen molar-refractivity contribution in [1.29, 1.82) is 0 Å². The topological polar surface area (TPSA) is 60.0 Å². The molecule has 1 aliphatic heterocycles. The number of methoxy groups -OCH3 is 2. The Morgan fingerprint density at radius 2 is 1.86 bits per heavy atom. The predicted molar refractivity (Wildman–Crippen MR) is 113 cm³/mol. The highest BCUT2D eigenvalue weighted by Gasteiger charge is 2.42. The molecule has 28 heavy (non-hydrogen) atoms. The Bertz CT molecular complexity index is 781. The third-order valence-corrected chi connectivity index (χ3v) is 5.13.